The van der Waals surface area contributed by atoms with Gasteiger partial charge in [0.1, 0.15) is 4.90 Å². The summed E-state index contributed by atoms with van der Waals surface area (Å²) in [6.45, 7) is 6.92. The van der Waals surface area contributed by atoms with Crippen LogP contribution in [0.4, 0.5) is 0 Å². The van der Waals surface area contributed by atoms with Crippen LogP contribution in [-0.2, 0) is 10.0 Å². The molecule has 0 aromatic heterocycles. The Morgan fingerprint density at radius 3 is 2.50 bits per heavy atom. The van der Waals surface area contributed by atoms with E-state index >= 15 is 0 Å². The maximum atomic E-state index is 12.8. The Kier molecular flexibility index (Phi) is 7.07. The summed E-state index contributed by atoms with van der Waals surface area (Å²) in [7, 11) is 0.113. The maximum absolute atomic E-state index is 12.8. The van der Waals surface area contributed by atoms with Gasteiger partial charge >= 0.3 is 0 Å². The van der Waals surface area contributed by atoms with Crippen LogP contribution in [0.5, 0.6) is 0 Å². The van der Waals surface area contributed by atoms with E-state index in [1.54, 1.807) is 31.9 Å². The monoisotopic (exact) mass is 401 g/mol. The van der Waals surface area contributed by atoms with E-state index in [0.717, 1.165) is 19.5 Å². The van der Waals surface area contributed by atoms with Gasteiger partial charge in [0.05, 0.1) is 5.02 Å². The van der Waals surface area contributed by atoms with E-state index in [9.17, 15) is 13.2 Å². The van der Waals surface area contributed by atoms with Crippen molar-refractivity contribution in [1.29, 1.82) is 0 Å². The third-order valence-corrected chi connectivity index (χ3v) is 7.40. The van der Waals surface area contributed by atoms with Gasteiger partial charge in [0.2, 0.25) is 10.0 Å². The fraction of sp³-hybridized carbons (Fsp3) is 0.611. The molecule has 1 aliphatic rings. The summed E-state index contributed by atoms with van der Waals surface area (Å²) in [5, 5.41) is 0.133. The van der Waals surface area contributed by atoms with E-state index in [-0.39, 0.29) is 15.8 Å². The quantitative estimate of drug-likeness (QED) is 0.703. The first-order valence-electron chi connectivity index (χ1n) is 8.94. The van der Waals surface area contributed by atoms with Crippen molar-refractivity contribution in [1.82, 2.24) is 14.1 Å². The molecule has 6 nitrogen and oxygen atoms in total. The van der Waals surface area contributed by atoms with E-state index in [0.29, 0.717) is 31.1 Å². The van der Waals surface area contributed by atoms with Crippen molar-refractivity contribution in [2.75, 3.05) is 46.8 Å². The number of hydrogen-bond acceptors (Lipinski definition) is 4. The van der Waals surface area contributed by atoms with Crippen molar-refractivity contribution >= 4 is 27.5 Å². The number of sulfonamides is 1. The Balaban J connectivity index is 2.24. The lowest BCUT2D eigenvalue weighted by molar-refractivity contribution is 0.0774. The minimum absolute atomic E-state index is 0.0114. The van der Waals surface area contributed by atoms with Crippen LogP contribution >= 0.6 is 11.6 Å². The summed E-state index contributed by atoms with van der Waals surface area (Å²) in [6.07, 6.45) is 1.07. The molecule has 1 fully saturated rings. The van der Waals surface area contributed by atoms with E-state index in [1.807, 2.05) is 0 Å². The van der Waals surface area contributed by atoms with Gasteiger partial charge in [0, 0.05) is 38.8 Å². The first-order chi connectivity index (χ1) is 12.2. The number of carbonyl (C=O) groups excluding carboxylic acids is 1. The fourth-order valence-electron chi connectivity index (χ4n) is 3.40. The standard InChI is InChI=1S/C18H28ClN3O3S/c1-5-22(6-2)26(24,25)17-11-15(7-8-16(17)19)18(23)21(4)13-14-9-10-20(3)12-14/h7-8,11,14H,5-6,9-10,12-13H2,1-4H3. The Bertz CT molecular complexity index is 750. The zero-order chi connectivity index (χ0) is 19.5. The Hall–Kier alpha value is -1.15. The van der Waals surface area contributed by atoms with Gasteiger partial charge in [-0.25, -0.2) is 8.42 Å². The minimum Gasteiger partial charge on any atom is -0.341 e. The van der Waals surface area contributed by atoms with Gasteiger partial charge in [0.15, 0.2) is 0 Å². The molecule has 0 saturated carbocycles. The van der Waals surface area contributed by atoms with Crippen LogP contribution in [-0.4, -0.2) is 75.2 Å². The molecule has 0 N–H and O–H groups in total. The lowest BCUT2D eigenvalue weighted by Gasteiger charge is -2.23. The summed E-state index contributed by atoms with van der Waals surface area (Å²) in [5.74, 6) is 0.257. The molecule has 1 heterocycles. The SMILES string of the molecule is CCN(CC)S(=O)(=O)c1cc(C(=O)N(C)CC2CCN(C)C2)ccc1Cl. The van der Waals surface area contributed by atoms with E-state index in [2.05, 4.69) is 11.9 Å². The second-order valence-corrected chi connectivity index (χ2v) is 9.15. The van der Waals surface area contributed by atoms with E-state index in [4.69, 9.17) is 11.6 Å². The number of benzene rings is 1. The second kappa shape index (κ2) is 8.69. The third kappa shape index (κ3) is 4.57. The molecule has 8 heteroatoms. The van der Waals surface area contributed by atoms with Crippen LogP contribution < -0.4 is 0 Å². The van der Waals surface area contributed by atoms with Gasteiger partial charge in [-0.2, -0.15) is 4.31 Å². The maximum Gasteiger partial charge on any atom is 0.253 e. The average Bonchev–Trinajstić information content (AvgIpc) is 3.00. The highest BCUT2D eigenvalue weighted by Gasteiger charge is 2.27. The summed E-state index contributed by atoms with van der Waals surface area (Å²) >= 11 is 6.14. The molecule has 1 aromatic carbocycles. The fourth-order valence-corrected chi connectivity index (χ4v) is 5.36. The van der Waals surface area contributed by atoms with Gasteiger partial charge in [-0.1, -0.05) is 25.4 Å². The zero-order valence-corrected chi connectivity index (χ0v) is 17.5. The summed E-state index contributed by atoms with van der Waals surface area (Å²) in [5.41, 5.74) is 0.342. The number of likely N-dealkylation sites (tertiary alicyclic amines) is 1. The highest BCUT2D eigenvalue weighted by Crippen LogP contribution is 2.26. The number of amides is 1. The molecule has 146 valence electrons. The Morgan fingerprint density at radius 2 is 1.96 bits per heavy atom. The largest absolute Gasteiger partial charge is 0.341 e. The van der Waals surface area contributed by atoms with Crippen molar-refractivity contribution in [3.63, 3.8) is 0 Å². The van der Waals surface area contributed by atoms with Gasteiger partial charge in [-0.05, 0) is 44.1 Å². The molecule has 1 aliphatic heterocycles. The highest BCUT2D eigenvalue weighted by atomic mass is 35.5. The average molecular weight is 402 g/mol. The molecule has 0 spiro atoms. The number of halogens is 1. The minimum atomic E-state index is -3.72. The van der Waals surface area contributed by atoms with Crippen LogP contribution in [0.1, 0.15) is 30.6 Å². The summed E-state index contributed by atoms with van der Waals surface area (Å²) in [6, 6.07) is 4.47. The summed E-state index contributed by atoms with van der Waals surface area (Å²) in [4.78, 5) is 16.7. The molecule has 0 aliphatic carbocycles. The van der Waals surface area contributed by atoms with Crippen molar-refractivity contribution in [2.45, 2.75) is 25.2 Å². The van der Waals surface area contributed by atoms with Gasteiger partial charge < -0.3 is 9.80 Å². The van der Waals surface area contributed by atoms with Gasteiger partial charge in [-0.3, -0.25) is 4.79 Å². The Morgan fingerprint density at radius 1 is 1.31 bits per heavy atom. The van der Waals surface area contributed by atoms with Crippen LogP contribution in [0.3, 0.4) is 0 Å². The number of hydrogen-bond donors (Lipinski definition) is 0. The molecular weight excluding hydrogens is 374 g/mol. The number of rotatable bonds is 7. The smallest absolute Gasteiger partial charge is 0.253 e. The molecule has 26 heavy (non-hydrogen) atoms. The normalized spacial score (nSPS) is 18.5. The van der Waals surface area contributed by atoms with E-state index in [1.165, 1.54) is 16.4 Å². The molecule has 1 amide bonds. The van der Waals surface area contributed by atoms with Gasteiger partial charge in [0.25, 0.3) is 5.91 Å². The van der Waals surface area contributed by atoms with Crippen molar-refractivity contribution < 1.29 is 13.2 Å². The molecule has 2 rings (SSSR count). The molecule has 0 radical (unpaired) electrons. The topological polar surface area (TPSA) is 60.9 Å². The summed E-state index contributed by atoms with van der Waals surface area (Å²) < 4.78 is 26.9. The lowest BCUT2D eigenvalue weighted by atomic mass is 10.1. The predicted molar refractivity (Wildman–Crippen MR) is 104 cm³/mol. The molecular formula is C18H28ClN3O3S. The van der Waals surface area contributed by atoms with E-state index < -0.39 is 10.0 Å². The van der Waals surface area contributed by atoms with Crippen molar-refractivity contribution in [3.05, 3.63) is 28.8 Å². The van der Waals surface area contributed by atoms with Crippen molar-refractivity contribution in [2.24, 2.45) is 5.92 Å². The second-order valence-electron chi connectivity index (χ2n) is 6.84. The van der Waals surface area contributed by atoms with Crippen LogP contribution in [0.15, 0.2) is 23.1 Å². The number of nitrogens with zero attached hydrogens (tertiary/aromatic N) is 3. The van der Waals surface area contributed by atoms with Gasteiger partial charge in [-0.15, -0.1) is 0 Å². The molecule has 1 unspecified atom stereocenters. The molecule has 0 bridgehead atoms. The highest BCUT2D eigenvalue weighted by molar-refractivity contribution is 7.89. The van der Waals surface area contributed by atoms with Crippen LogP contribution in [0.25, 0.3) is 0 Å². The molecule has 1 saturated heterocycles. The first-order valence-corrected chi connectivity index (χ1v) is 10.8. The Labute approximate surface area is 161 Å². The third-order valence-electron chi connectivity index (χ3n) is 4.87. The molecule has 1 atom stereocenters. The molecule has 1 aromatic rings. The van der Waals surface area contributed by atoms with Crippen LogP contribution in [0, 0.1) is 5.92 Å². The van der Waals surface area contributed by atoms with Crippen molar-refractivity contribution in [3.8, 4) is 0 Å². The first kappa shape index (κ1) is 21.2. The van der Waals surface area contributed by atoms with Crippen LogP contribution in [0.2, 0.25) is 5.02 Å². The zero-order valence-electron chi connectivity index (χ0n) is 15.9. The predicted octanol–water partition coefficient (Wildman–Crippen LogP) is 2.39. The lowest BCUT2D eigenvalue weighted by Crippen LogP contribution is -2.33. The number of carbonyl (C=O) groups is 1.